The van der Waals surface area contributed by atoms with Crippen LogP contribution in [0.2, 0.25) is 0 Å². The molecule has 2 heteroatoms. The van der Waals surface area contributed by atoms with Gasteiger partial charge in [-0.15, -0.1) is 0 Å². The molecule has 1 fully saturated rings. The molecule has 2 aromatic carbocycles. The van der Waals surface area contributed by atoms with Gasteiger partial charge in [0.25, 0.3) is 0 Å². The summed E-state index contributed by atoms with van der Waals surface area (Å²) in [6.07, 6.45) is 1.72. The first-order valence-corrected chi connectivity index (χ1v) is 6.73. The standard InChI is InChI=1S/C17H18O2/c1-13(18)17(11-12-17)15-9-5-6-10-16(15)19-14-7-3-2-4-8-14/h2-10,13,18H,11-12H2,1H3. The monoisotopic (exact) mass is 254 g/mol. The molecule has 0 amide bonds. The molecule has 1 saturated carbocycles. The van der Waals surface area contributed by atoms with E-state index in [1.807, 2.05) is 55.5 Å². The van der Waals surface area contributed by atoms with Crippen LogP contribution in [0.5, 0.6) is 11.5 Å². The Morgan fingerprint density at radius 1 is 1.00 bits per heavy atom. The van der Waals surface area contributed by atoms with Crippen LogP contribution >= 0.6 is 0 Å². The van der Waals surface area contributed by atoms with Crippen LogP contribution in [0.4, 0.5) is 0 Å². The smallest absolute Gasteiger partial charge is 0.131 e. The fraction of sp³-hybridized carbons (Fsp3) is 0.294. The van der Waals surface area contributed by atoms with Gasteiger partial charge in [-0.1, -0.05) is 36.4 Å². The van der Waals surface area contributed by atoms with Crippen molar-refractivity contribution in [3.05, 3.63) is 60.2 Å². The molecule has 0 spiro atoms. The van der Waals surface area contributed by atoms with Gasteiger partial charge in [-0.25, -0.2) is 0 Å². The first-order valence-electron chi connectivity index (χ1n) is 6.73. The lowest BCUT2D eigenvalue weighted by molar-refractivity contribution is 0.149. The number of rotatable bonds is 4. The van der Waals surface area contributed by atoms with E-state index in [2.05, 4.69) is 6.07 Å². The molecular weight excluding hydrogens is 236 g/mol. The fourth-order valence-electron chi connectivity index (χ4n) is 2.63. The number of hydrogen-bond donors (Lipinski definition) is 1. The van der Waals surface area contributed by atoms with E-state index < -0.39 is 0 Å². The van der Waals surface area contributed by atoms with Gasteiger partial charge in [0, 0.05) is 11.0 Å². The average Bonchev–Trinajstić information content (AvgIpc) is 3.22. The predicted octanol–water partition coefficient (Wildman–Crippen LogP) is 3.89. The molecule has 1 aliphatic carbocycles. The van der Waals surface area contributed by atoms with E-state index in [9.17, 15) is 5.11 Å². The van der Waals surface area contributed by atoms with Crippen LogP contribution in [0.15, 0.2) is 54.6 Å². The molecule has 0 radical (unpaired) electrons. The van der Waals surface area contributed by atoms with Crippen LogP contribution in [0.25, 0.3) is 0 Å². The highest BCUT2D eigenvalue weighted by atomic mass is 16.5. The lowest BCUT2D eigenvalue weighted by atomic mass is 9.90. The third kappa shape index (κ3) is 2.24. The van der Waals surface area contributed by atoms with Crippen molar-refractivity contribution in [2.24, 2.45) is 0 Å². The van der Waals surface area contributed by atoms with Gasteiger partial charge in [0.05, 0.1) is 6.10 Å². The third-order valence-corrected chi connectivity index (χ3v) is 3.98. The highest BCUT2D eigenvalue weighted by Gasteiger charge is 2.50. The molecule has 1 aliphatic rings. The SMILES string of the molecule is CC(O)C1(c2ccccc2Oc2ccccc2)CC1. The topological polar surface area (TPSA) is 29.5 Å². The number of ether oxygens (including phenoxy) is 1. The van der Waals surface area contributed by atoms with Crippen LogP contribution < -0.4 is 4.74 Å². The molecular formula is C17H18O2. The zero-order valence-corrected chi connectivity index (χ0v) is 11.0. The Kier molecular flexibility index (Phi) is 3.03. The van der Waals surface area contributed by atoms with Crippen molar-refractivity contribution < 1.29 is 9.84 Å². The Labute approximate surface area is 113 Å². The molecule has 0 bridgehead atoms. The second-order valence-electron chi connectivity index (χ2n) is 5.24. The Bertz CT molecular complexity index is 556. The highest BCUT2D eigenvalue weighted by molar-refractivity contribution is 5.46. The summed E-state index contributed by atoms with van der Waals surface area (Å²) in [5, 5.41) is 10.0. The molecule has 98 valence electrons. The van der Waals surface area contributed by atoms with Gasteiger partial charge in [-0.05, 0) is 38.0 Å². The Morgan fingerprint density at radius 2 is 1.63 bits per heavy atom. The van der Waals surface area contributed by atoms with Gasteiger partial charge in [0.2, 0.25) is 0 Å². The van der Waals surface area contributed by atoms with Crippen molar-refractivity contribution in [3.63, 3.8) is 0 Å². The van der Waals surface area contributed by atoms with E-state index >= 15 is 0 Å². The van der Waals surface area contributed by atoms with E-state index in [1.54, 1.807) is 0 Å². The molecule has 1 N–H and O–H groups in total. The van der Waals surface area contributed by atoms with Gasteiger partial charge in [-0.2, -0.15) is 0 Å². The normalized spacial score (nSPS) is 17.8. The lowest BCUT2D eigenvalue weighted by Gasteiger charge is -2.22. The molecule has 1 atom stereocenters. The molecule has 19 heavy (non-hydrogen) atoms. The lowest BCUT2D eigenvalue weighted by Crippen LogP contribution is -2.23. The summed E-state index contributed by atoms with van der Waals surface area (Å²) in [6.45, 7) is 1.87. The number of hydrogen-bond acceptors (Lipinski definition) is 2. The zero-order valence-electron chi connectivity index (χ0n) is 11.0. The van der Waals surface area contributed by atoms with Crippen molar-refractivity contribution in [2.75, 3.05) is 0 Å². The van der Waals surface area contributed by atoms with E-state index in [1.165, 1.54) is 0 Å². The Morgan fingerprint density at radius 3 is 2.26 bits per heavy atom. The van der Waals surface area contributed by atoms with Gasteiger partial charge < -0.3 is 9.84 Å². The van der Waals surface area contributed by atoms with E-state index in [-0.39, 0.29) is 11.5 Å². The van der Waals surface area contributed by atoms with E-state index in [0.29, 0.717) is 0 Å². The third-order valence-electron chi connectivity index (χ3n) is 3.98. The molecule has 3 rings (SSSR count). The van der Waals surface area contributed by atoms with Crippen molar-refractivity contribution >= 4 is 0 Å². The summed E-state index contributed by atoms with van der Waals surface area (Å²) in [5.74, 6) is 1.68. The minimum atomic E-state index is -0.340. The maximum absolute atomic E-state index is 10.0. The molecule has 0 saturated heterocycles. The first kappa shape index (κ1) is 12.2. The number of benzene rings is 2. The van der Waals surface area contributed by atoms with Crippen LogP contribution in [-0.2, 0) is 5.41 Å². The minimum absolute atomic E-state index is 0.106. The quantitative estimate of drug-likeness (QED) is 0.897. The second-order valence-corrected chi connectivity index (χ2v) is 5.24. The molecule has 0 aromatic heterocycles. The largest absolute Gasteiger partial charge is 0.457 e. The molecule has 0 heterocycles. The van der Waals surface area contributed by atoms with Crippen LogP contribution in [0.1, 0.15) is 25.3 Å². The van der Waals surface area contributed by atoms with Crippen molar-refractivity contribution in [1.82, 2.24) is 0 Å². The summed E-state index contributed by atoms with van der Waals surface area (Å²) >= 11 is 0. The second kappa shape index (κ2) is 4.71. The number of aliphatic hydroxyl groups is 1. The Hall–Kier alpha value is -1.80. The summed E-state index contributed by atoms with van der Waals surface area (Å²) in [5.41, 5.74) is 1.01. The van der Waals surface area contributed by atoms with Gasteiger partial charge >= 0.3 is 0 Å². The maximum Gasteiger partial charge on any atom is 0.131 e. The highest BCUT2D eigenvalue weighted by Crippen LogP contribution is 2.54. The molecule has 1 unspecified atom stereocenters. The predicted molar refractivity (Wildman–Crippen MR) is 75.6 cm³/mol. The van der Waals surface area contributed by atoms with Gasteiger partial charge in [0.15, 0.2) is 0 Å². The van der Waals surface area contributed by atoms with Crippen molar-refractivity contribution in [1.29, 1.82) is 0 Å². The van der Waals surface area contributed by atoms with E-state index in [4.69, 9.17) is 4.74 Å². The zero-order chi connectivity index (χ0) is 13.3. The van der Waals surface area contributed by atoms with Crippen molar-refractivity contribution in [3.8, 4) is 11.5 Å². The van der Waals surface area contributed by atoms with Gasteiger partial charge in [0.1, 0.15) is 11.5 Å². The average molecular weight is 254 g/mol. The Balaban J connectivity index is 1.95. The van der Waals surface area contributed by atoms with Crippen LogP contribution in [-0.4, -0.2) is 11.2 Å². The summed E-state index contributed by atoms with van der Waals surface area (Å²) in [4.78, 5) is 0. The fourth-order valence-corrected chi connectivity index (χ4v) is 2.63. The van der Waals surface area contributed by atoms with Gasteiger partial charge in [-0.3, -0.25) is 0 Å². The summed E-state index contributed by atoms with van der Waals surface area (Å²) in [7, 11) is 0. The number of aliphatic hydroxyl groups excluding tert-OH is 1. The minimum Gasteiger partial charge on any atom is -0.457 e. The maximum atomic E-state index is 10.0. The molecule has 2 nitrogen and oxygen atoms in total. The van der Waals surface area contributed by atoms with E-state index in [0.717, 1.165) is 29.9 Å². The molecule has 0 aliphatic heterocycles. The summed E-state index contributed by atoms with van der Waals surface area (Å²) in [6, 6.07) is 17.8. The van der Waals surface area contributed by atoms with Crippen LogP contribution in [0, 0.1) is 0 Å². The summed E-state index contributed by atoms with van der Waals surface area (Å²) < 4.78 is 5.97. The first-order chi connectivity index (χ1) is 9.22. The molecule has 2 aromatic rings. The number of para-hydroxylation sites is 2. The van der Waals surface area contributed by atoms with Crippen molar-refractivity contribution in [2.45, 2.75) is 31.3 Å². The van der Waals surface area contributed by atoms with Crippen LogP contribution in [0.3, 0.4) is 0 Å².